The van der Waals surface area contributed by atoms with Crippen LogP contribution in [0.3, 0.4) is 0 Å². The lowest BCUT2D eigenvalue weighted by Crippen LogP contribution is -2.50. The number of carbonyl (C=O) groups is 1. The van der Waals surface area contributed by atoms with Gasteiger partial charge in [0, 0.05) is 39.0 Å². The second kappa shape index (κ2) is 8.97. The minimum absolute atomic E-state index is 0.253. The third-order valence-corrected chi connectivity index (χ3v) is 6.60. The number of carbonyl (C=O) groups excluding carboxylic acids is 1. The van der Waals surface area contributed by atoms with Gasteiger partial charge < -0.3 is 15.5 Å². The average Bonchev–Trinajstić information content (AvgIpc) is 3.21. The molecule has 2 rings (SSSR count). The van der Waals surface area contributed by atoms with Crippen molar-refractivity contribution in [2.75, 3.05) is 33.4 Å². The Bertz CT molecular complexity index is 446. The van der Waals surface area contributed by atoms with Gasteiger partial charge in [0.15, 0.2) is 5.96 Å². The van der Waals surface area contributed by atoms with Gasteiger partial charge in [-0.25, -0.2) is 0 Å². The predicted octanol–water partition coefficient (Wildman–Crippen LogP) is 2.47. The highest BCUT2D eigenvalue weighted by Crippen LogP contribution is 2.39. The highest BCUT2D eigenvalue weighted by atomic mass is 32.2. The SMILES string of the molecule is CCSC1CCC(NC(=NC)NCC2(C(=O)N(C)C)CCCC2)C1. The Labute approximate surface area is 151 Å². The Morgan fingerprint density at radius 1 is 1.29 bits per heavy atom. The summed E-state index contributed by atoms with van der Waals surface area (Å²) in [6, 6.07) is 0.504. The van der Waals surface area contributed by atoms with Gasteiger partial charge in [0.2, 0.25) is 5.91 Å². The Hall–Kier alpha value is -0.910. The minimum Gasteiger partial charge on any atom is -0.355 e. The van der Waals surface area contributed by atoms with Gasteiger partial charge >= 0.3 is 0 Å². The van der Waals surface area contributed by atoms with E-state index in [0.29, 0.717) is 12.6 Å². The van der Waals surface area contributed by atoms with Crippen LogP contribution < -0.4 is 10.6 Å². The monoisotopic (exact) mass is 354 g/mol. The summed E-state index contributed by atoms with van der Waals surface area (Å²) in [6.07, 6.45) is 7.95. The summed E-state index contributed by atoms with van der Waals surface area (Å²) in [4.78, 5) is 18.8. The van der Waals surface area contributed by atoms with Crippen molar-refractivity contribution in [3.05, 3.63) is 0 Å². The second-order valence-corrected chi connectivity index (χ2v) is 8.92. The summed E-state index contributed by atoms with van der Waals surface area (Å²) in [5, 5.41) is 7.79. The van der Waals surface area contributed by atoms with Gasteiger partial charge in [-0.1, -0.05) is 19.8 Å². The highest BCUT2D eigenvalue weighted by Gasteiger charge is 2.42. The highest BCUT2D eigenvalue weighted by molar-refractivity contribution is 7.99. The Balaban J connectivity index is 1.87. The van der Waals surface area contributed by atoms with Gasteiger partial charge in [-0.05, 0) is 37.9 Å². The third kappa shape index (κ3) is 4.80. The molecule has 0 aromatic rings. The van der Waals surface area contributed by atoms with E-state index >= 15 is 0 Å². The molecule has 2 aliphatic rings. The van der Waals surface area contributed by atoms with E-state index in [1.54, 1.807) is 4.90 Å². The van der Waals surface area contributed by atoms with Crippen LogP contribution in [-0.2, 0) is 4.79 Å². The van der Waals surface area contributed by atoms with Gasteiger partial charge in [0.25, 0.3) is 0 Å². The molecule has 0 aromatic heterocycles. The van der Waals surface area contributed by atoms with E-state index in [9.17, 15) is 4.79 Å². The maximum absolute atomic E-state index is 12.7. The van der Waals surface area contributed by atoms with Gasteiger partial charge in [-0.15, -0.1) is 0 Å². The molecular formula is C18H34N4OS. The van der Waals surface area contributed by atoms with E-state index < -0.39 is 0 Å². The first-order valence-electron chi connectivity index (χ1n) is 9.31. The molecule has 0 aromatic carbocycles. The van der Waals surface area contributed by atoms with Crippen molar-refractivity contribution in [3.8, 4) is 0 Å². The van der Waals surface area contributed by atoms with Gasteiger partial charge in [0.1, 0.15) is 0 Å². The van der Waals surface area contributed by atoms with Crippen LogP contribution in [0.25, 0.3) is 0 Å². The maximum Gasteiger partial charge on any atom is 0.230 e. The van der Waals surface area contributed by atoms with Gasteiger partial charge in [0.05, 0.1) is 5.41 Å². The molecule has 2 saturated carbocycles. The molecule has 2 fully saturated rings. The first-order valence-corrected chi connectivity index (χ1v) is 10.4. The molecule has 1 amide bonds. The van der Waals surface area contributed by atoms with Gasteiger partial charge in [-0.3, -0.25) is 9.79 Å². The quantitative estimate of drug-likeness (QED) is 0.568. The Kier molecular flexibility index (Phi) is 7.26. The summed E-state index contributed by atoms with van der Waals surface area (Å²) in [6.45, 7) is 2.91. The van der Waals surface area contributed by atoms with E-state index in [1.165, 1.54) is 25.0 Å². The van der Waals surface area contributed by atoms with Crippen molar-refractivity contribution >= 4 is 23.6 Å². The van der Waals surface area contributed by atoms with Crippen molar-refractivity contribution < 1.29 is 4.79 Å². The van der Waals surface area contributed by atoms with Crippen molar-refractivity contribution in [1.82, 2.24) is 15.5 Å². The summed E-state index contributed by atoms with van der Waals surface area (Å²) in [5.41, 5.74) is -0.253. The average molecular weight is 355 g/mol. The molecule has 0 spiro atoms. The number of nitrogens with one attached hydrogen (secondary N) is 2. The van der Waals surface area contributed by atoms with E-state index in [0.717, 1.165) is 36.9 Å². The number of amides is 1. The molecule has 0 aliphatic heterocycles. The minimum atomic E-state index is -0.253. The van der Waals surface area contributed by atoms with Crippen LogP contribution in [0, 0.1) is 5.41 Å². The van der Waals surface area contributed by atoms with E-state index in [1.807, 2.05) is 21.1 Å². The topological polar surface area (TPSA) is 56.7 Å². The van der Waals surface area contributed by atoms with Crippen molar-refractivity contribution in [2.45, 2.75) is 63.2 Å². The molecule has 2 atom stereocenters. The second-order valence-electron chi connectivity index (χ2n) is 7.34. The molecule has 0 bridgehead atoms. The molecule has 24 heavy (non-hydrogen) atoms. The molecule has 138 valence electrons. The first-order chi connectivity index (χ1) is 11.5. The molecule has 0 saturated heterocycles. The lowest BCUT2D eigenvalue weighted by Gasteiger charge is -2.31. The lowest BCUT2D eigenvalue weighted by atomic mass is 9.84. The maximum atomic E-state index is 12.7. The van der Waals surface area contributed by atoms with Crippen LogP contribution in [0.2, 0.25) is 0 Å². The lowest BCUT2D eigenvalue weighted by molar-refractivity contribution is -0.138. The normalized spacial score (nSPS) is 26.4. The molecule has 6 heteroatoms. The summed E-state index contributed by atoms with van der Waals surface area (Å²) in [5.74, 6) is 2.29. The summed E-state index contributed by atoms with van der Waals surface area (Å²) >= 11 is 2.07. The fourth-order valence-electron chi connectivity index (χ4n) is 4.09. The summed E-state index contributed by atoms with van der Waals surface area (Å²) < 4.78 is 0. The van der Waals surface area contributed by atoms with Crippen LogP contribution in [0.5, 0.6) is 0 Å². The van der Waals surface area contributed by atoms with E-state index in [-0.39, 0.29) is 11.3 Å². The van der Waals surface area contributed by atoms with Gasteiger partial charge in [-0.2, -0.15) is 11.8 Å². The molecule has 2 aliphatic carbocycles. The largest absolute Gasteiger partial charge is 0.355 e. The first kappa shape index (κ1) is 19.4. The number of nitrogens with zero attached hydrogens (tertiary/aromatic N) is 2. The zero-order valence-electron chi connectivity index (χ0n) is 15.7. The van der Waals surface area contributed by atoms with Crippen molar-refractivity contribution in [3.63, 3.8) is 0 Å². The molecule has 2 unspecified atom stereocenters. The zero-order valence-corrected chi connectivity index (χ0v) is 16.5. The fraction of sp³-hybridized carbons (Fsp3) is 0.889. The summed E-state index contributed by atoms with van der Waals surface area (Å²) in [7, 11) is 5.54. The van der Waals surface area contributed by atoms with Crippen LogP contribution in [0.4, 0.5) is 0 Å². The van der Waals surface area contributed by atoms with Crippen molar-refractivity contribution in [1.29, 1.82) is 0 Å². The molecule has 2 N–H and O–H groups in total. The third-order valence-electron chi connectivity index (χ3n) is 5.37. The molecule has 5 nitrogen and oxygen atoms in total. The Morgan fingerprint density at radius 2 is 2.00 bits per heavy atom. The number of aliphatic imine (C=N–C) groups is 1. The smallest absolute Gasteiger partial charge is 0.230 e. The number of guanidine groups is 1. The van der Waals surface area contributed by atoms with Crippen LogP contribution in [0.1, 0.15) is 51.9 Å². The standard InChI is InChI=1S/C18H34N4OS/c1-5-24-15-9-8-14(12-15)21-17(19-2)20-13-18(10-6-7-11-18)16(23)22(3)4/h14-15H,5-13H2,1-4H3,(H2,19,20,21). The number of thioether (sulfide) groups is 1. The number of rotatable bonds is 6. The molecule has 0 heterocycles. The predicted molar refractivity (Wildman–Crippen MR) is 104 cm³/mol. The van der Waals surface area contributed by atoms with Crippen LogP contribution >= 0.6 is 11.8 Å². The molecule has 0 radical (unpaired) electrons. The van der Waals surface area contributed by atoms with E-state index in [4.69, 9.17) is 0 Å². The number of hydrogen-bond acceptors (Lipinski definition) is 3. The number of hydrogen-bond donors (Lipinski definition) is 2. The van der Waals surface area contributed by atoms with Crippen LogP contribution in [-0.4, -0.2) is 61.5 Å². The van der Waals surface area contributed by atoms with Crippen LogP contribution in [0.15, 0.2) is 4.99 Å². The molecular weight excluding hydrogens is 320 g/mol. The fourth-order valence-corrected chi connectivity index (χ4v) is 5.23. The Morgan fingerprint density at radius 3 is 2.58 bits per heavy atom. The zero-order chi connectivity index (χ0) is 17.6. The van der Waals surface area contributed by atoms with Crippen molar-refractivity contribution in [2.24, 2.45) is 10.4 Å². The van der Waals surface area contributed by atoms with E-state index in [2.05, 4.69) is 34.3 Å².